The number of allylic oxidation sites excluding steroid dienone is 4. The first-order valence-corrected chi connectivity index (χ1v) is 12.9. The number of carbonyl (C=O) groups excluding carboxylic acids is 1. The molecule has 4 fully saturated rings. The maximum Gasteiger partial charge on any atom is 0.245 e. The normalized spacial score (nSPS) is 43.7. The summed E-state index contributed by atoms with van der Waals surface area (Å²) in [4.78, 5) is 12.9. The van der Waals surface area contributed by atoms with E-state index in [1.165, 1.54) is 30.4 Å². The summed E-state index contributed by atoms with van der Waals surface area (Å²) in [6, 6.07) is 0. The van der Waals surface area contributed by atoms with Gasteiger partial charge in [0.15, 0.2) is 0 Å². The van der Waals surface area contributed by atoms with Gasteiger partial charge in [-0.1, -0.05) is 37.2 Å². The van der Waals surface area contributed by atoms with E-state index >= 15 is 0 Å². The van der Waals surface area contributed by atoms with Crippen LogP contribution in [0.2, 0.25) is 18.1 Å². The van der Waals surface area contributed by atoms with Crippen molar-refractivity contribution in [2.45, 2.75) is 76.9 Å². The van der Waals surface area contributed by atoms with E-state index in [4.69, 9.17) is 5.73 Å². The summed E-state index contributed by atoms with van der Waals surface area (Å²) in [6.07, 6.45) is 10.7. The van der Waals surface area contributed by atoms with Gasteiger partial charge in [-0.15, -0.1) is 0 Å². The molecule has 4 saturated carbocycles. The van der Waals surface area contributed by atoms with E-state index in [0.717, 1.165) is 37.5 Å². The smallest absolute Gasteiger partial charge is 0.245 e. The highest BCUT2D eigenvalue weighted by Gasteiger charge is 2.70. The molecule has 2 nitrogen and oxygen atoms in total. The van der Waals surface area contributed by atoms with Crippen LogP contribution in [0.3, 0.4) is 0 Å². The molecule has 1 N–H and O–H groups in total. The molecule has 0 saturated heterocycles. The molecule has 5 aliphatic carbocycles. The van der Waals surface area contributed by atoms with Crippen molar-refractivity contribution in [1.29, 1.82) is 0 Å². The van der Waals surface area contributed by atoms with Crippen LogP contribution in [0.25, 0.3) is 0 Å². The number of nitrogens with one attached hydrogen (secondary N) is 1. The molecule has 4 bridgehead atoms. The summed E-state index contributed by atoms with van der Waals surface area (Å²) in [5, 5.41) is 0.0808. The van der Waals surface area contributed by atoms with Crippen LogP contribution in [0.15, 0.2) is 22.8 Å². The third-order valence-corrected chi connectivity index (χ3v) is 11.4. The number of rotatable bonds is 4. The highest BCUT2D eigenvalue weighted by molar-refractivity contribution is 6.61. The van der Waals surface area contributed by atoms with Crippen LogP contribution >= 0.6 is 0 Å². The van der Waals surface area contributed by atoms with Crippen molar-refractivity contribution in [1.82, 2.24) is 5.73 Å². The third kappa shape index (κ3) is 1.85. The summed E-state index contributed by atoms with van der Waals surface area (Å²) in [6.45, 7) is 9.46. The van der Waals surface area contributed by atoms with Crippen molar-refractivity contribution in [3.05, 3.63) is 22.8 Å². The van der Waals surface area contributed by atoms with Crippen LogP contribution < -0.4 is 5.73 Å². The van der Waals surface area contributed by atoms with Gasteiger partial charge in [0.1, 0.15) is 0 Å². The highest BCUT2D eigenvalue weighted by atomic mass is 28.3. The second-order valence-electron chi connectivity index (χ2n) is 9.48. The Hall–Kier alpha value is -0.833. The number of hydrogen-bond donors (Lipinski definition) is 0. The fraction of sp³-hybridized carbons (Fsp3) is 0.762. The largest absolute Gasteiger partial charge is 0.273 e. The molecule has 0 aromatic heterocycles. The van der Waals surface area contributed by atoms with Crippen molar-refractivity contribution in [3.63, 3.8) is 0 Å². The quantitative estimate of drug-likeness (QED) is 0.669. The van der Waals surface area contributed by atoms with Gasteiger partial charge >= 0.3 is 0 Å². The minimum atomic E-state index is -1.15. The molecule has 131 valence electrons. The SMILES string of the molecule is CCC1=C(C)CC(C2([SiH](C)C)C3CC4CC(C3)CC2(C([NH])=O)C4)=C1. The second-order valence-corrected chi connectivity index (χ2v) is 12.7. The Bertz CT molecular complexity index is 632. The van der Waals surface area contributed by atoms with Crippen LogP contribution in [0, 0.1) is 23.2 Å². The maximum atomic E-state index is 12.9. The first-order valence-electron chi connectivity index (χ1n) is 10.0. The molecular weight excluding hydrogens is 310 g/mol. The maximum absolute atomic E-state index is 12.9. The molecule has 1 amide bonds. The van der Waals surface area contributed by atoms with Gasteiger partial charge in [-0.05, 0) is 75.2 Å². The molecule has 3 unspecified atom stereocenters. The van der Waals surface area contributed by atoms with Crippen molar-refractivity contribution >= 4 is 14.7 Å². The Labute approximate surface area is 148 Å². The van der Waals surface area contributed by atoms with E-state index < -0.39 is 8.80 Å². The zero-order valence-electron chi connectivity index (χ0n) is 15.7. The summed E-state index contributed by atoms with van der Waals surface area (Å²) in [7, 11) is -1.15. The Morgan fingerprint density at radius 3 is 2.33 bits per heavy atom. The lowest BCUT2D eigenvalue weighted by molar-refractivity contribution is -0.150. The van der Waals surface area contributed by atoms with Gasteiger partial charge < -0.3 is 0 Å². The van der Waals surface area contributed by atoms with Crippen molar-refractivity contribution in [3.8, 4) is 0 Å². The Morgan fingerprint density at radius 2 is 1.88 bits per heavy atom. The predicted octanol–water partition coefficient (Wildman–Crippen LogP) is 4.91. The molecule has 5 aliphatic rings. The Balaban J connectivity index is 1.89. The first-order chi connectivity index (χ1) is 11.3. The molecule has 3 atom stereocenters. The fourth-order valence-corrected chi connectivity index (χ4v) is 11.5. The third-order valence-electron chi connectivity index (χ3n) is 8.22. The second kappa shape index (κ2) is 5.33. The van der Waals surface area contributed by atoms with Gasteiger partial charge in [-0.25, -0.2) is 0 Å². The highest BCUT2D eigenvalue weighted by Crippen LogP contribution is 2.76. The van der Waals surface area contributed by atoms with E-state index in [9.17, 15) is 4.79 Å². The monoisotopic (exact) mass is 342 g/mol. The van der Waals surface area contributed by atoms with E-state index in [0.29, 0.717) is 5.92 Å². The summed E-state index contributed by atoms with van der Waals surface area (Å²) in [5.74, 6) is 1.91. The summed E-state index contributed by atoms with van der Waals surface area (Å²) >= 11 is 0. The molecular formula is C21H32NOSi. The average Bonchev–Trinajstić information content (AvgIpc) is 2.87. The average molecular weight is 343 g/mol. The van der Waals surface area contributed by atoms with Crippen LogP contribution in [-0.4, -0.2) is 14.7 Å². The van der Waals surface area contributed by atoms with Gasteiger partial charge in [-0.3, -0.25) is 10.5 Å². The lowest BCUT2D eigenvalue weighted by Crippen LogP contribution is -2.64. The topological polar surface area (TPSA) is 40.9 Å². The Morgan fingerprint density at radius 1 is 1.25 bits per heavy atom. The molecule has 0 aliphatic heterocycles. The van der Waals surface area contributed by atoms with E-state index in [1.54, 1.807) is 5.57 Å². The predicted molar refractivity (Wildman–Crippen MR) is 101 cm³/mol. The van der Waals surface area contributed by atoms with E-state index in [1.807, 2.05) is 0 Å². The minimum absolute atomic E-state index is 0.0808. The lowest BCUT2D eigenvalue weighted by Gasteiger charge is -2.68. The molecule has 24 heavy (non-hydrogen) atoms. The van der Waals surface area contributed by atoms with Crippen LogP contribution in [0.4, 0.5) is 0 Å². The van der Waals surface area contributed by atoms with Gasteiger partial charge in [-0.2, -0.15) is 0 Å². The van der Waals surface area contributed by atoms with Gasteiger partial charge in [0.05, 0.1) is 5.41 Å². The molecule has 0 heterocycles. The molecule has 0 aromatic carbocycles. The van der Waals surface area contributed by atoms with Crippen molar-refractivity contribution < 1.29 is 4.79 Å². The summed E-state index contributed by atoms with van der Waals surface area (Å²) < 4.78 is 0. The van der Waals surface area contributed by atoms with Crippen molar-refractivity contribution in [2.75, 3.05) is 0 Å². The molecule has 5 rings (SSSR count). The first kappa shape index (κ1) is 16.6. The lowest BCUT2D eigenvalue weighted by atomic mass is 9.42. The number of carbonyl (C=O) groups is 1. The Kier molecular flexibility index (Phi) is 3.69. The van der Waals surface area contributed by atoms with E-state index in [-0.39, 0.29) is 16.4 Å². The van der Waals surface area contributed by atoms with Gasteiger partial charge in [0.25, 0.3) is 0 Å². The van der Waals surface area contributed by atoms with Crippen LogP contribution in [0.5, 0.6) is 0 Å². The molecule has 1 radical (unpaired) electrons. The van der Waals surface area contributed by atoms with Crippen LogP contribution in [-0.2, 0) is 4.79 Å². The molecule has 0 spiro atoms. The number of amides is 1. The fourth-order valence-electron chi connectivity index (χ4n) is 7.86. The van der Waals surface area contributed by atoms with Gasteiger partial charge in [0.2, 0.25) is 5.91 Å². The minimum Gasteiger partial charge on any atom is -0.273 e. The number of hydrogen-bond acceptors (Lipinski definition) is 1. The zero-order valence-corrected chi connectivity index (χ0v) is 16.9. The van der Waals surface area contributed by atoms with Gasteiger partial charge in [0, 0.05) is 13.8 Å². The standard InChI is InChI=1S/C21H32NOSi/c1-5-16-10-17(6-13(16)2)21(24(3)4)18-8-14-7-15(9-18)12-20(21,11-14)19(22)23/h10,14-15,18,22,24H,5-9,11-12H2,1-4H3. The van der Waals surface area contributed by atoms with Crippen molar-refractivity contribution in [2.24, 2.45) is 23.2 Å². The van der Waals surface area contributed by atoms with Crippen LogP contribution in [0.1, 0.15) is 58.8 Å². The summed E-state index contributed by atoms with van der Waals surface area (Å²) in [5.41, 5.74) is 12.6. The molecule has 0 aromatic rings. The molecule has 3 heteroatoms. The van der Waals surface area contributed by atoms with E-state index in [2.05, 4.69) is 33.0 Å². The zero-order chi connectivity index (χ0) is 17.3.